The Balaban J connectivity index is 0.00000151. The van der Waals surface area contributed by atoms with E-state index >= 15 is 0 Å². The topological polar surface area (TPSA) is 222 Å². The Labute approximate surface area is 249 Å². The van der Waals surface area contributed by atoms with Crippen molar-refractivity contribution in [2.75, 3.05) is 51.3 Å². The van der Waals surface area contributed by atoms with Crippen molar-refractivity contribution in [3.8, 4) is 5.75 Å². The Kier molecular flexibility index (Phi) is 12.9. The summed E-state index contributed by atoms with van der Waals surface area (Å²) in [6.07, 6.45) is 0. The van der Waals surface area contributed by atoms with Gasteiger partial charge in [0.1, 0.15) is 17.6 Å². The molecule has 2 amide bonds. The molecule has 43 heavy (non-hydrogen) atoms. The molecule has 2 aromatic carbocycles. The second-order valence-electron chi connectivity index (χ2n) is 9.12. The Bertz CT molecular complexity index is 1400. The molecule has 0 bridgehead atoms. The van der Waals surface area contributed by atoms with Crippen LogP contribution in [0.25, 0.3) is 0 Å². The van der Waals surface area contributed by atoms with Crippen LogP contribution in [0, 0.1) is 5.41 Å². The van der Waals surface area contributed by atoms with Gasteiger partial charge in [-0.2, -0.15) is 4.72 Å². The van der Waals surface area contributed by atoms with E-state index in [-0.39, 0.29) is 49.4 Å². The van der Waals surface area contributed by atoms with Crippen LogP contribution in [-0.4, -0.2) is 100 Å². The zero-order chi connectivity index (χ0) is 32.2. The van der Waals surface area contributed by atoms with E-state index in [0.29, 0.717) is 17.9 Å². The number of benzene rings is 2. The number of anilines is 1. The number of nitrogens with two attached hydrogens (primary N) is 1. The molecule has 234 valence electrons. The van der Waals surface area contributed by atoms with E-state index in [4.69, 9.17) is 30.5 Å². The van der Waals surface area contributed by atoms with Crippen LogP contribution in [-0.2, 0) is 33.9 Å². The largest absolute Gasteiger partial charge is 0.497 e. The Morgan fingerprint density at radius 1 is 1.09 bits per heavy atom. The number of carboxylic acid groups (broad SMARTS) is 1. The van der Waals surface area contributed by atoms with Gasteiger partial charge in [0.25, 0.3) is 5.97 Å². The minimum Gasteiger partial charge on any atom is -0.497 e. The molecule has 0 aliphatic carbocycles. The molecule has 1 saturated heterocycles. The van der Waals surface area contributed by atoms with Gasteiger partial charge in [-0.1, -0.05) is 0 Å². The first-order valence-corrected chi connectivity index (χ1v) is 14.5. The van der Waals surface area contributed by atoms with E-state index in [2.05, 4.69) is 10.0 Å². The number of amidine groups is 1. The molecule has 0 aromatic heterocycles. The van der Waals surface area contributed by atoms with Crippen molar-refractivity contribution in [1.82, 2.24) is 14.9 Å². The minimum absolute atomic E-state index is 0.0177. The predicted molar refractivity (Wildman–Crippen MR) is 156 cm³/mol. The van der Waals surface area contributed by atoms with Gasteiger partial charge in [-0.25, -0.2) is 8.42 Å². The van der Waals surface area contributed by atoms with E-state index in [1.54, 1.807) is 31.2 Å². The molecule has 1 aliphatic rings. The molecular formula is C27H36N6O9S. The maximum absolute atomic E-state index is 12.8. The molecule has 0 unspecified atom stereocenters. The Hall–Kier alpha value is -4.70. The lowest BCUT2D eigenvalue weighted by Gasteiger charge is -2.35. The van der Waals surface area contributed by atoms with E-state index < -0.39 is 33.9 Å². The number of nitrogen functional groups attached to an aromatic ring is 1. The number of carbonyl (C=O) groups excluding carboxylic acids is 3. The lowest BCUT2D eigenvalue weighted by molar-refractivity contribution is -0.145. The van der Waals surface area contributed by atoms with Crippen LogP contribution >= 0.6 is 0 Å². The normalized spacial score (nSPS) is 13.7. The van der Waals surface area contributed by atoms with Crippen molar-refractivity contribution >= 4 is 45.3 Å². The van der Waals surface area contributed by atoms with Gasteiger partial charge in [0.05, 0.1) is 31.7 Å². The van der Waals surface area contributed by atoms with Crippen LogP contribution in [0.3, 0.4) is 0 Å². The fourth-order valence-corrected chi connectivity index (χ4v) is 5.00. The molecule has 1 heterocycles. The van der Waals surface area contributed by atoms with Crippen molar-refractivity contribution < 1.29 is 42.2 Å². The SMILES string of the molecule is CC(=O)O.CCOC(=O)[C@H](CNC(=O)CN1CCN(c2ccc(C(=N)N)cc2)CC1=O)NS(=O)(=O)c1ccc(OC)cc1. The van der Waals surface area contributed by atoms with Crippen molar-refractivity contribution in [3.63, 3.8) is 0 Å². The maximum atomic E-state index is 12.8. The van der Waals surface area contributed by atoms with Crippen LogP contribution in [0.15, 0.2) is 53.4 Å². The molecule has 6 N–H and O–H groups in total. The third-order valence-electron chi connectivity index (χ3n) is 5.94. The number of nitrogens with one attached hydrogen (secondary N) is 3. The first-order chi connectivity index (χ1) is 20.3. The molecule has 3 rings (SSSR count). The van der Waals surface area contributed by atoms with Gasteiger partial charge < -0.3 is 35.4 Å². The number of methoxy groups -OCH3 is 1. The average Bonchev–Trinajstić information content (AvgIpc) is 2.96. The summed E-state index contributed by atoms with van der Waals surface area (Å²) in [5.41, 5.74) is 6.84. The van der Waals surface area contributed by atoms with E-state index in [1.807, 2.05) is 4.90 Å². The van der Waals surface area contributed by atoms with Crippen molar-refractivity contribution in [1.29, 1.82) is 5.41 Å². The van der Waals surface area contributed by atoms with E-state index in [0.717, 1.165) is 12.6 Å². The molecule has 16 heteroatoms. The number of esters is 1. The van der Waals surface area contributed by atoms with Gasteiger partial charge in [0, 0.05) is 37.8 Å². The summed E-state index contributed by atoms with van der Waals surface area (Å²) >= 11 is 0. The quantitative estimate of drug-likeness (QED) is 0.118. The Morgan fingerprint density at radius 3 is 2.21 bits per heavy atom. The van der Waals surface area contributed by atoms with Crippen LogP contribution in [0.1, 0.15) is 19.4 Å². The van der Waals surface area contributed by atoms with Gasteiger partial charge in [-0.3, -0.25) is 24.6 Å². The van der Waals surface area contributed by atoms with E-state index in [1.165, 1.54) is 36.3 Å². The number of carbonyl (C=O) groups is 4. The van der Waals surface area contributed by atoms with Crippen molar-refractivity contribution in [2.24, 2.45) is 5.73 Å². The van der Waals surface area contributed by atoms with Crippen LogP contribution in [0.4, 0.5) is 5.69 Å². The summed E-state index contributed by atoms with van der Waals surface area (Å²) in [6.45, 7) is 2.87. The molecular weight excluding hydrogens is 584 g/mol. The average molecular weight is 621 g/mol. The van der Waals surface area contributed by atoms with Crippen LogP contribution in [0.2, 0.25) is 0 Å². The van der Waals surface area contributed by atoms with Crippen molar-refractivity contribution in [3.05, 3.63) is 54.1 Å². The fourth-order valence-electron chi connectivity index (χ4n) is 3.82. The number of rotatable bonds is 12. The number of hydrogen-bond donors (Lipinski definition) is 5. The number of ether oxygens (including phenoxy) is 2. The summed E-state index contributed by atoms with van der Waals surface area (Å²) in [5.74, 6) is -2.10. The number of amides is 2. The maximum Gasteiger partial charge on any atom is 0.326 e. The second-order valence-corrected chi connectivity index (χ2v) is 10.8. The molecule has 15 nitrogen and oxygen atoms in total. The standard InChI is InChI=1S/C25H32N6O7S.C2H4O2/c1-3-38-25(34)21(29-39(35,36)20-10-8-19(37-2)9-11-20)14-28-22(32)15-31-13-12-30(16-23(31)33)18-6-4-17(5-7-18)24(26)27;1-2(3)4/h4-11,21,29H,3,12-16H2,1-2H3,(H3,26,27)(H,28,32);1H3,(H,3,4)/t21-;/m0./s1. The molecule has 1 aliphatic heterocycles. The third-order valence-corrected chi connectivity index (χ3v) is 7.43. The van der Waals surface area contributed by atoms with Gasteiger partial charge in [0.2, 0.25) is 21.8 Å². The number of carboxylic acids is 1. The number of sulfonamides is 1. The monoisotopic (exact) mass is 620 g/mol. The smallest absolute Gasteiger partial charge is 0.326 e. The van der Waals surface area contributed by atoms with Gasteiger partial charge in [0.15, 0.2) is 0 Å². The summed E-state index contributed by atoms with van der Waals surface area (Å²) in [5, 5.41) is 17.4. The van der Waals surface area contributed by atoms with E-state index in [9.17, 15) is 22.8 Å². The second kappa shape index (κ2) is 16.1. The van der Waals surface area contributed by atoms with Crippen LogP contribution in [0.5, 0.6) is 5.75 Å². The molecule has 1 atom stereocenters. The van der Waals surface area contributed by atoms with Gasteiger partial charge in [-0.15, -0.1) is 0 Å². The molecule has 2 aromatic rings. The Morgan fingerprint density at radius 2 is 1.70 bits per heavy atom. The van der Waals surface area contributed by atoms with Crippen molar-refractivity contribution in [2.45, 2.75) is 24.8 Å². The summed E-state index contributed by atoms with van der Waals surface area (Å²) < 4.78 is 37.9. The third kappa shape index (κ3) is 10.9. The summed E-state index contributed by atoms with van der Waals surface area (Å²) in [7, 11) is -2.67. The molecule has 0 radical (unpaired) electrons. The molecule has 0 saturated carbocycles. The number of hydrogen-bond acceptors (Lipinski definition) is 10. The minimum atomic E-state index is -4.12. The number of aliphatic carboxylic acids is 1. The highest BCUT2D eigenvalue weighted by Gasteiger charge is 2.29. The predicted octanol–water partition coefficient (Wildman–Crippen LogP) is -0.255. The lowest BCUT2D eigenvalue weighted by atomic mass is 10.1. The first kappa shape index (κ1) is 34.5. The summed E-state index contributed by atoms with van der Waals surface area (Å²) in [6, 6.07) is 11.1. The number of piperazine rings is 1. The number of nitrogens with zero attached hydrogens (tertiary/aromatic N) is 2. The lowest BCUT2D eigenvalue weighted by Crippen LogP contribution is -2.54. The summed E-state index contributed by atoms with van der Waals surface area (Å²) in [4.78, 5) is 49.9. The highest BCUT2D eigenvalue weighted by molar-refractivity contribution is 7.89. The highest BCUT2D eigenvalue weighted by Crippen LogP contribution is 2.18. The molecule has 1 fully saturated rings. The van der Waals surface area contributed by atoms with Crippen LogP contribution < -0.4 is 25.4 Å². The molecule has 0 spiro atoms. The first-order valence-electron chi connectivity index (χ1n) is 13.0. The highest BCUT2D eigenvalue weighted by atomic mass is 32.2. The van der Waals surface area contributed by atoms with Gasteiger partial charge >= 0.3 is 5.97 Å². The zero-order valence-electron chi connectivity index (χ0n) is 24.0. The zero-order valence-corrected chi connectivity index (χ0v) is 24.8. The fraction of sp³-hybridized carbons (Fsp3) is 0.370. The van der Waals surface area contributed by atoms with Gasteiger partial charge in [-0.05, 0) is 55.5 Å².